The molecule has 0 aliphatic rings. The third kappa shape index (κ3) is 2.63. The van der Waals surface area contributed by atoms with E-state index >= 15 is 0 Å². The van der Waals surface area contributed by atoms with Gasteiger partial charge in [0.05, 0.1) is 0 Å². The zero-order valence-electron chi connectivity index (χ0n) is 7.08. The third-order valence-electron chi connectivity index (χ3n) is 1.66. The average molecular weight is 183 g/mol. The van der Waals surface area contributed by atoms with Gasteiger partial charge in [0.25, 0.3) is 6.43 Å². The van der Waals surface area contributed by atoms with Gasteiger partial charge in [-0.05, 0) is 5.56 Å². The van der Waals surface area contributed by atoms with Crippen LogP contribution in [0, 0.1) is 0 Å². The van der Waals surface area contributed by atoms with Crippen LogP contribution in [0.5, 0.6) is 0 Å². The summed E-state index contributed by atoms with van der Waals surface area (Å²) >= 11 is 0. The maximum atomic E-state index is 12.4. The van der Waals surface area contributed by atoms with Crippen molar-refractivity contribution in [1.29, 1.82) is 0 Å². The Labute approximate surface area is 75.9 Å². The Morgan fingerprint density at radius 3 is 2.62 bits per heavy atom. The molecule has 1 aromatic carbocycles. The molecule has 0 radical (unpaired) electrons. The van der Waals surface area contributed by atoms with Gasteiger partial charge in [-0.25, -0.2) is 8.78 Å². The number of hydrogen-bond donors (Lipinski definition) is 1. The molecule has 0 aliphatic carbocycles. The molecule has 0 atom stereocenters. The molecule has 0 aliphatic heterocycles. The molecular formula is C10H11F2N. The number of hydrogen-bond acceptors (Lipinski definition) is 1. The first-order chi connectivity index (χ1) is 6.25. The Morgan fingerprint density at radius 2 is 2.00 bits per heavy atom. The minimum absolute atomic E-state index is 0.0483. The third-order valence-corrected chi connectivity index (χ3v) is 1.66. The standard InChI is InChI=1S/C10H11F2N/c11-10(12)9-6-2-1-4-8(9)5-3-7-13/h1-6,10H,7,13H2/b5-3+. The second-order valence-electron chi connectivity index (χ2n) is 2.57. The summed E-state index contributed by atoms with van der Waals surface area (Å²) in [6.07, 6.45) is 0.835. The van der Waals surface area contributed by atoms with E-state index in [4.69, 9.17) is 5.73 Å². The second kappa shape index (κ2) is 4.72. The van der Waals surface area contributed by atoms with Crippen LogP contribution in [0.3, 0.4) is 0 Å². The summed E-state index contributed by atoms with van der Waals surface area (Å²) in [5.74, 6) is 0. The Kier molecular flexibility index (Phi) is 3.58. The summed E-state index contributed by atoms with van der Waals surface area (Å²) in [6.45, 7) is 0.359. The molecule has 70 valence electrons. The summed E-state index contributed by atoms with van der Waals surface area (Å²) in [5, 5.41) is 0. The van der Waals surface area contributed by atoms with Crippen molar-refractivity contribution >= 4 is 6.08 Å². The van der Waals surface area contributed by atoms with Crippen molar-refractivity contribution in [2.24, 2.45) is 5.73 Å². The van der Waals surface area contributed by atoms with Gasteiger partial charge in [-0.3, -0.25) is 0 Å². The molecular weight excluding hydrogens is 172 g/mol. The number of halogens is 2. The van der Waals surface area contributed by atoms with E-state index in [2.05, 4.69) is 0 Å². The second-order valence-corrected chi connectivity index (χ2v) is 2.57. The maximum absolute atomic E-state index is 12.4. The highest BCUT2D eigenvalue weighted by molar-refractivity contribution is 5.54. The fourth-order valence-corrected chi connectivity index (χ4v) is 1.06. The van der Waals surface area contributed by atoms with E-state index in [1.807, 2.05) is 0 Å². The molecule has 0 spiro atoms. The average Bonchev–Trinajstić information content (AvgIpc) is 2.15. The smallest absolute Gasteiger partial charge is 0.264 e. The van der Waals surface area contributed by atoms with E-state index < -0.39 is 6.43 Å². The minimum Gasteiger partial charge on any atom is -0.327 e. The zero-order valence-corrected chi connectivity index (χ0v) is 7.08. The fraction of sp³-hybridized carbons (Fsp3) is 0.200. The molecule has 0 fully saturated rings. The highest BCUT2D eigenvalue weighted by Crippen LogP contribution is 2.23. The predicted octanol–water partition coefficient (Wildman–Crippen LogP) is 2.60. The molecule has 0 aromatic heterocycles. The van der Waals surface area contributed by atoms with E-state index in [1.54, 1.807) is 30.4 Å². The molecule has 1 aromatic rings. The quantitative estimate of drug-likeness (QED) is 0.765. The van der Waals surface area contributed by atoms with E-state index in [-0.39, 0.29) is 5.56 Å². The van der Waals surface area contributed by atoms with E-state index in [9.17, 15) is 8.78 Å². The first kappa shape index (κ1) is 9.86. The van der Waals surface area contributed by atoms with E-state index in [0.717, 1.165) is 0 Å². The van der Waals surface area contributed by atoms with E-state index in [0.29, 0.717) is 12.1 Å². The molecule has 2 N–H and O–H groups in total. The summed E-state index contributed by atoms with van der Waals surface area (Å²) in [6, 6.07) is 6.39. The monoisotopic (exact) mass is 183 g/mol. The highest BCUT2D eigenvalue weighted by atomic mass is 19.3. The molecule has 1 rings (SSSR count). The molecule has 0 heterocycles. The van der Waals surface area contributed by atoms with Crippen LogP contribution in [-0.2, 0) is 0 Å². The molecule has 0 unspecified atom stereocenters. The van der Waals surface area contributed by atoms with Gasteiger partial charge in [-0.1, -0.05) is 36.4 Å². The first-order valence-corrected chi connectivity index (χ1v) is 3.99. The Bertz CT molecular complexity index is 295. The summed E-state index contributed by atoms with van der Waals surface area (Å²) in [5.41, 5.74) is 5.81. The van der Waals surface area contributed by atoms with Crippen molar-refractivity contribution in [3.63, 3.8) is 0 Å². The summed E-state index contributed by atoms with van der Waals surface area (Å²) in [4.78, 5) is 0. The van der Waals surface area contributed by atoms with Crippen LogP contribution in [0.25, 0.3) is 6.08 Å². The topological polar surface area (TPSA) is 26.0 Å². The van der Waals surface area contributed by atoms with Crippen LogP contribution in [0.15, 0.2) is 30.3 Å². The van der Waals surface area contributed by atoms with Crippen molar-refractivity contribution in [1.82, 2.24) is 0 Å². The van der Waals surface area contributed by atoms with Crippen molar-refractivity contribution in [3.8, 4) is 0 Å². The van der Waals surface area contributed by atoms with Crippen molar-refractivity contribution in [2.45, 2.75) is 6.43 Å². The highest BCUT2D eigenvalue weighted by Gasteiger charge is 2.09. The van der Waals surface area contributed by atoms with E-state index in [1.165, 1.54) is 6.07 Å². The lowest BCUT2D eigenvalue weighted by Gasteiger charge is -2.03. The van der Waals surface area contributed by atoms with Crippen LogP contribution in [0.2, 0.25) is 0 Å². The fourth-order valence-electron chi connectivity index (χ4n) is 1.06. The van der Waals surface area contributed by atoms with Gasteiger partial charge >= 0.3 is 0 Å². The Balaban J connectivity index is 2.97. The van der Waals surface area contributed by atoms with Crippen LogP contribution >= 0.6 is 0 Å². The van der Waals surface area contributed by atoms with Crippen LogP contribution in [0.1, 0.15) is 17.6 Å². The van der Waals surface area contributed by atoms with Crippen molar-refractivity contribution < 1.29 is 8.78 Å². The van der Waals surface area contributed by atoms with Crippen LogP contribution in [-0.4, -0.2) is 6.54 Å². The van der Waals surface area contributed by atoms with Gasteiger partial charge in [0.2, 0.25) is 0 Å². The molecule has 0 saturated heterocycles. The number of alkyl halides is 2. The number of benzene rings is 1. The lowest BCUT2D eigenvalue weighted by Crippen LogP contribution is -1.93. The molecule has 13 heavy (non-hydrogen) atoms. The molecule has 1 nitrogen and oxygen atoms in total. The molecule has 0 bridgehead atoms. The number of nitrogens with two attached hydrogens (primary N) is 1. The number of rotatable bonds is 3. The van der Waals surface area contributed by atoms with Gasteiger partial charge in [0.15, 0.2) is 0 Å². The van der Waals surface area contributed by atoms with Crippen molar-refractivity contribution in [2.75, 3.05) is 6.54 Å². The van der Waals surface area contributed by atoms with Crippen molar-refractivity contribution in [3.05, 3.63) is 41.5 Å². The van der Waals surface area contributed by atoms with Crippen LogP contribution < -0.4 is 5.73 Å². The van der Waals surface area contributed by atoms with Gasteiger partial charge < -0.3 is 5.73 Å². The van der Waals surface area contributed by atoms with Crippen LogP contribution in [0.4, 0.5) is 8.78 Å². The largest absolute Gasteiger partial charge is 0.327 e. The summed E-state index contributed by atoms with van der Waals surface area (Å²) in [7, 11) is 0. The van der Waals surface area contributed by atoms with Gasteiger partial charge in [0.1, 0.15) is 0 Å². The van der Waals surface area contributed by atoms with Gasteiger partial charge in [-0.2, -0.15) is 0 Å². The molecule has 0 saturated carbocycles. The Hall–Kier alpha value is -1.22. The molecule has 3 heteroatoms. The first-order valence-electron chi connectivity index (χ1n) is 3.99. The SMILES string of the molecule is NC/C=C/c1ccccc1C(F)F. The van der Waals surface area contributed by atoms with Gasteiger partial charge in [-0.15, -0.1) is 0 Å². The normalized spacial score (nSPS) is 11.4. The van der Waals surface area contributed by atoms with Gasteiger partial charge in [0, 0.05) is 12.1 Å². The zero-order chi connectivity index (χ0) is 9.68. The molecule has 0 amide bonds. The lowest BCUT2D eigenvalue weighted by atomic mass is 10.1. The summed E-state index contributed by atoms with van der Waals surface area (Å²) < 4.78 is 24.8. The lowest BCUT2D eigenvalue weighted by molar-refractivity contribution is 0.151. The predicted molar refractivity (Wildman–Crippen MR) is 49.5 cm³/mol. The minimum atomic E-state index is -2.43. The maximum Gasteiger partial charge on any atom is 0.264 e. The Morgan fingerprint density at radius 1 is 1.31 bits per heavy atom.